The van der Waals surface area contributed by atoms with Crippen LogP contribution < -0.4 is 5.32 Å². The summed E-state index contributed by atoms with van der Waals surface area (Å²) in [6.07, 6.45) is 0.177. The molecule has 202 valence electrons. The molecule has 2 aliphatic rings. The second-order valence-corrected chi connectivity index (χ2v) is 9.78. The third-order valence-corrected chi connectivity index (χ3v) is 7.11. The molecule has 0 aromatic heterocycles. The smallest absolute Gasteiger partial charge is 0.336 e. The van der Waals surface area contributed by atoms with Crippen molar-refractivity contribution in [2.75, 3.05) is 46.0 Å². The summed E-state index contributed by atoms with van der Waals surface area (Å²) >= 11 is 0. The lowest BCUT2D eigenvalue weighted by Gasteiger charge is -2.34. The predicted molar refractivity (Wildman–Crippen MR) is 144 cm³/mol. The van der Waals surface area contributed by atoms with Crippen molar-refractivity contribution in [3.8, 4) is 0 Å². The number of amides is 2. The number of esters is 1. The summed E-state index contributed by atoms with van der Waals surface area (Å²) in [5.41, 5.74) is 4.45. The maximum absolute atomic E-state index is 13.4. The Kier molecular flexibility index (Phi) is 9.31. The van der Waals surface area contributed by atoms with Gasteiger partial charge < -0.3 is 19.7 Å². The Bertz CT molecular complexity index is 1200. The van der Waals surface area contributed by atoms with Crippen LogP contribution in [0.25, 0.3) is 0 Å². The van der Waals surface area contributed by atoms with Gasteiger partial charge in [0.1, 0.15) is 0 Å². The number of rotatable bonds is 9. The van der Waals surface area contributed by atoms with Crippen LogP contribution in [-0.2, 0) is 25.6 Å². The van der Waals surface area contributed by atoms with E-state index in [4.69, 9.17) is 9.47 Å². The van der Waals surface area contributed by atoms with Crippen molar-refractivity contribution in [3.05, 3.63) is 82.1 Å². The van der Waals surface area contributed by atoms with Gasteiger partial charge in [0.05, 0.1) is 31.9 Å². The molecule has 2 aliphatic heterocycles. The number of hydrogen-bond acceptors (Lipinski definition) is 6. The largest absolute Gasteiger partial charge is 0.463 e. The van der Waals surface area contributed by atoms with Crippen LogP contribution in [-0.4, -0.2) is 73.6 Å². The molecule has 1 saturated heterocycles. The molecule has 0 saturated carbocycles. The van der Waals surface area contributed by atoms with E-state index in [9.17, 15) is 14.4 Å². The minimum atomic E-state index is -0.401. The fraction of sp³-hybridized carbons (Fsp3) is 0.433. The molecule has 1 N–H and O–H groups in total. The van der Waals surface area contributed by atoms with Gasteiger partial charge in [-0.3, -0.25) is 14.5 Å². The number of carbonyl (C=O) groups is 3. The van der Waals surface area contributed by atoms with E-state index >= 15 is 0 Å². The number of hydrogen-bond donors (Lipinski definition) is 1. The topological polar surface area (TPSA) is 88.2 Å². The van der Waals surface area contributed by atoms with Crippen LogP contribution in [0.3, 0.4) is 0 Å². The minimum Gasteiger partial charge on any atom is -0.463 e. The maximum atomic E-state index is 13.4. The van der Waals surface area contributed by atoms with Gasteiger partial charge in [-0.15, -0.1) is 0 Å². The number of aryl methyl sites for hydroxylation is 1. The van der Waals surface area contributed by atoms with Gasteiger partial charge in [0.15, 0.2) is 0 Å². The van der Waals surface area contributed by atoms with Crippen LogP contribution >= 0.6 is 0 Å². The highest BCUT2D eigenvalue weighted by Gasteiger charge is 2.37. The van der Waals surface area contributed by atoms with Gasteiger partial charge in [-0.05, 0) is 44.0 Å². The van der Waals surface area contributed by atoms with Crippen LogP contribution in [0.5, 0.6) is 0 Å². The van der Waals surface area contributed by atoms with E-state index in [2.05, 4.69) is 10.2 Å². The van der Waals surface area contributed by atoms with E-state index in [0.29, 0.717) is 23.4 Å². The number of nitrogens with zero attached hydrogens (tertiary/aromatic N) is 2. The average molecular weight is 520 g/mol. The van der Waals surface area contributed by atoms with Crippen molar-refractivity contribution < 1.29 is 23.9 Å². The molecule has 2 aromatic carbocycles. The summed E-state index contributed by atoms with van der Waals surface area (Å²) in [4.78, 5) is 43.1. The van der Waals surface area contributed by atoms with Crippen LogP contribution in [0.1, 0.15) is 53.2 Å². The number of ether oxygens (including phenoxy) is 2. The molecule has 1 fully saturated rings. The second-order valence-electron chi connectivity index (χ2n) is 9.78. The molecule has 2 heterocycles. The number of nitrogens with one attached hydrogen (secondary N) is 1. The molecule has 0 aliphatic carbocycles. The SMILES string of the molecule is CCOC(=O)C1=C(C)N(Cc2cccc(C(=O)NCCN3CCOCC3)c2)C(=O)CC1c1cccc(C)c1. The van der Waals surface area contributed by atoms with Crippen molar-refractivity contribution >= 4 is 17.8 Å². The molecule has 2 amide bonds. The Morgan fingerprint density at radius 3 is 2.58 bits per heavy atom. The van der Waals surface area contributed by atoms with Gasteiger partial charge in [-0.1, -0.05) is 42.0 Å². The minimum absolute atomic E-state index is 0.0672. The summed E-state index contributed by atoms with van der Waals surface area (Å²) < 4.78 is 10.8. The highest BCUT2D eigenvalue weighted by Crippen LogP contribution is 2.38. The Morgan fingerprint density at radius 1 is 1.08 bits per heavy atom. The first-order chi connectivity index (χ1) is 18.4. The van der Waals surface area contributed by atoms with Crippen LogP contribution in [0.4, 0.5) is 0 Å². The van der Waals surface area contributed by atoms with Crippen LogP contribution in [0.2, 0.25) is 0 Å². The predicted octanol–water partition coefficient (Wildman–Crippen LogP) is 3.41. The monoisotopic (exact) mass is 519 g/mol. The molecule has 2 aromatic rings. The second kappa shape index (κ2) is 12.8. The molecule has 8 nitrogen and oxygen atoms in total. The molecule has 0 bridgehead atoms. The van der Waals surface area contributed by atoms with Gasteiger partial charge in [0.2, 0.25) is 5.91 Å². The van der Waals surface area contributed by atoms with Crippen molar-refractivity contribution in [1.82, 2.24) is 15.1 Å². The number of benzene rings is 2. The molecule has 0 radical (unpaired) electrons. The standard InChI is InChI=1S/C30H37N3O5/c1-4-38-30(36)28-22(3)33(27(34)19-26(28)24-9-5-7-21(2)17-24)20-23-8-6-10-25(18-23)29(35)31-11-12-32-13-15-37-16-14-32/h5-10,17-18,26H,4,11-16,19-20H2,1-3H3,(H,31,35). The fourth-order valence-electron chi connectivity index (χ4n) is 5.10. The van der Waals surface area contributed by atoms with E-state index in [1.165, 1.54) is 0 Å². The Morgan fingerprint density at radius 2 is 1.84 bits per heavy atom. The first kappa shape index (κ1) is 27.5. The van der Waals surface area contributed by atoms with Gasteiger partial charge in [-0.25, -0.2) is 4.79 Å². The summed E-state index contributed by atoms with van der Waals surface area (Å²) in [5, 5.41) is 2.99. The maximum Gasteiger partial charge on any atom is 0.336 e. The molecule has 8 heteroatoms. The van der Waals surface area contributed by atoms with E-state index in [1.807, 2.05) is 43.3 Å². The molecule has 1 atom stereocenters. The fourth-order valence-corrected chi connectivity index (χ4v) is 5.10. The van der Waals surface area contributed by atoms with E-state index in [-0.39, 0.29) is 37.3 Å². The third-order valence-electron chi connectivity index (χ3n) is 7.11. The third kappa shape index (κ3) is 6.68. The number of carbonyl (C=O) groups excluding carboxylic acids is 3. The van der Waals surface area contributed by atoms with E-state index < -0.39 is 5.97 Å². The molecule has 4 rings (SSSR count). The van der Waals surface area contributed by atoms with Crippen LogP contribution in [0, 0.1) is 6.92 Å². The summed E-state index contributed by atoms with van der Waals surface area (Å²) in [6, 6.07) is 15.2. The normalized spacial score (nSPS) is 18.4. The van der Waals surface area contributed by atoms with Gasteiger partial charge in [-0.2, -0.15) is 0 Å². The Labute approximate surface area is 224 Å². The molecule has 0 spiro atoms. The molecule has 38 heavy (non-hydrogen) atoms. The number of allylic oxidation sites excluding steroid dienone is 1. The highest BCUT2D eigenvalue weighted by molar-refractivity contribution is 5.96. The zero-order valence-electron chi connectivity index (χ0n) is 22.5. The molecular weight excluding hydrogens is 482 g/mol. The van der Waals surface area contributed by atoms with Crippen molar-refractivity contribution in [1.29, 1.82) is 0 Å². The van der Waals surface area contributed by atoms with Crippen LogP contribution in [0.15, 0.2) is 59.8 Å². The van der Waals surface area contributed by atoms with Gasteiger partial charge in [0.25, 0.3) is 5.91 Å². The van der Waals surface area contributed by atoms with Gasteiger partial charge >= 0.3 is 5.97 Å². The van der Waals surface area contributed by atoms with Crippen molar-refractivity contribution in [3.63, 3.8) is 0 Å². The van der Waals surface area contributed by atoms with Crippen molar-refractivity contribution in [2.24, 2.45) is 0 Å². The summed E-state index contributed by atoms with van der Waals surface area (Å²) in [5.74, 6) is -0.977. The van der Waals surface area contributed by atoms with Gasteiger partial charge in [0, 0.05) is 49.8 Å². The Balaban J connectivity index is 1.50. The average Bonchev–Trinajstić information content (AvgIpc) is 2.91. The highest BCUT2D eigenvalue weighted by atomic mass is 16.5. The van der Waals surface area contributed by atoms with Crippen molar-refractivity contribution in [2.45, 2.75) is 39.7 Å². The quantitative estimate of drug-likeness (QED) is 0.511. The molecular formula is C30H37N3O5. The zero-order valence-corrected chi connectivity index (χ0v) is 22.5. The lowest BCUT2D eigenvalue weighted by atomic mass is 9.83. The number of morpholine rings is 1. The first-order valence-electron chi connectivity index (χ1n) is 13.3. The lowest BCUT2D eigenvalue weighted by molar-refractivity contribution is -0.140. The summed E-state index contributed by atoms with van der Waals surface area (Å²) in [7, 11) is 0. The first-order valence-corrected chi connectivity index (χ1v) is 13.3. The lowest BCUT2D eigenvalue weighted by Crippen LogP contribution is -2.41. The zero-order chi connectivity index (χ0) is 27.1. The molecule has 1 unspecified atom stereocenters. The van der Waals surface area contributed by atoms with E-state index in [0.717, 1.165) is 49.5 Å². The van der Waals surface area contributed by atoms with E-state index in [1.54, 1.807) is 30.9 Å². The summed E-state index contributed by atoms with van der Waals surface area (Å²) in [6.45, 7) is 10.6. The Hall–Kier alpha value is -3.49.